The monoisotopic (exact) mass is 222 g/mol. The summed E-state index contributed by atoms with van der Waals surface area (Å²) < 4.78 is 5.31. The summed E-state index contributed by atoms with van der Waals surface area (Å²) in [4.78, 5) is 8.18. The first-order valence-electron chi connectivity index (χ1n) is 5.78. The van der Waals surface area contributed by atoms with E-state index < -0.39 is 0 Å². The summed E-state index contributed by atoms with van der Waals surface area (Å²) in [5.41, 5.74) is 0. The zero-order valence-corrected chi connectivity index (χ0v) is 9.57. The summed E-state index contributed by atoms with van der Waals surface area (Å²) in [5, 5.41) is 6.66. The van der Waals surface area contributed by atoms with E-state index in [1.807, 2.05) is 13.0 Å². The molecule has 0 aromatic carbocycles. The van der Waals surface area contributed by atoms with Gasteiger partial charge in [0, 0.05) is 12.6 Å². The van der Waals surface area contributed by atoms with Crippen LogP contribution in [-0.4, -0.2) is 36.2 Å². The summed E-state index contributed by atoms with van der Waals surface area (Å²) in [5.74, 6) is 2.17. The molecule has 1 aliphatic rings. The molecule has 0 radical (unpaired) electrons. The number of nitrogens with one attached hydrogen (secondary N) is 2. The molecule has 0 spiro atoms. The lowest BCUT2D eigenvalue weighted by Crippen LogP contribution is -2.17. The predicted octanol–water partition coefficient (Wildman–Crippen LogP) is 0.897. The highest BCUT2D eigenvalue weighted by Crippen LogP contribution is 2.13. The van der Waals surface area contributed by atoms with Crippen LogP contribution in [-0.2, 0) is 0 Å². The lowest BCUT2D eigenvalue weighted by molar-refractivity contribution is 0.326. The van der Waals surface area contributed by atoms with Gasteiger partial charge in [0.1, 0.15) is 12.1 Å². The molecule has 0 bridgehead atoms. The zero-order valence-electron chi connectivity index (χ0n) is 9.57. The quantitative estimate of drug-likeness (QED) is 0.775. The van der Waals surface area contributed by atoms with Gasteiger partial charge in [-0.05, 0) is 32.4 Å². The molecule has 2 N–H and O–H groups in total. The van der Waals surface area contributed by atoms with Gasteiger partial charge in [0.15, 0.2) is 0 Å². The minimum Gasteiger partial charge on any atom is -0.478 e. The minimum absolute atomic E-state index is 0.628. The third kappa shape index (κ3) is 3.06. The molecule has 1 aliphatic heterocycles. The van der Waals surface area contributed by atoms with Gasteiger partial charge in [0.2, 0.25) is 5.88 Å². The Balaban J connectivity index is 1.85. The van der Waals surface area contributed by atoms with Gasteiger partial charge in [-0.25, -0.2) is 9.97 Å². The topological polar surface area (TPSA) is 59.1 Å². The summed E-state index contributed by atoms with van der Waals surface area (Å²) in [6.07, 6.45) is 2.76. The average Bonchev–Trinajstić information content (AvgIpc) is 2.80. The first-order chi connectivity index (χ1) is 7.88. The molecule has 1 fully saturated rings. The second-order valence-corrected chi connectivity index (χ2v) is 3.91. The lowest BCUT2D eigenvalue weighted by atomic mass is 10.1. The number of rotatable bonds is 5. The minimum atomic E-state index is 0.628. The summed E-state index contributed by atoms with van der Waals surface area (Å²) in [6.45, 7) is 5.74. The van der Waals surface area contributed by atoms with Gasteiger partial charge in [-0.3, -0.25) is 0 Å². The van der Waals surface area contributed by atoms with Crippen LogP contribution in [0, 0.1) is 5.92 Å². The van der Waals surface area contributed by atoms with Gasteiger partial charge < -0.3 is 15.4 Å². The van der Waals surface area contributed by atoms with Crippen LogP contribution in [0.15, 0.2) is 12.4 Å². The molecular formula is C11H18N4O. The highest BCUT2D eigenvalue weighted by molar-refractivity contribution is 5.37. The SMILES string of the molecule is CCOc1cc(NCC2CCNC2)ncn1. The van der Waals surface area contributed by atoms with Crippen molar-refractivity contribution in [2.24, 2.45) is 5.92 Å². The first kappa shape index (κ1) is 11.1. The van der Waals surface area contributed by atoms with E-state index in [1.54, 1.807) is 0 Å². The molecule has 1 atom stereocenters. The number of hydrogen-bond acceptors (Lipinski definition) is 5. The number of anilines is 1. The molecule has 16 heavy (non-hydrogen) atoms. The van der Waals surface area contributed by atoms with Crippen molar-refractivity contribution in [3.05, 3.63) is 12.4 Å². The number of ether oxygens (including phenoxy) is 1. The summed E-state index contributed by atoms with van der Waals surface area (Å²) >= 11 is 0. The number of hydrogen-bond donors (Lipinski definition) is 2. The molecule has 1 saturated heterocycles. The fraction of sp³-hybridized carbons (Fsp3) is 0.636. The van der Waals surface area contributed by atoms with E-state index in [4.69, 9.17) is 4.74 Å². The van der Waals surface area contributed by atoms with E-state index in [9.17, 15) is 0 Å². The van der Waals surface area contributed by atoms with Crippen LogP contribution in [0.3, 0.4) is 0 Å². The van der Waals surface area contributed by atoms with Crippen molar-refractivity contribution in [3.63, 3.8) is 0 Å². The van der Waals surface area contributed by atoms with E-state index in [0.29, 0.717) is 18.4 Å². The Labute approximate surface area is 95.6 Å². The first-order valence-corrected chi connectivity index (χ1v) is 5.78. The fourth-order valence-corrected chi connectivity index (χ4v) is 1.80. The fourth-order valence-electron chi connectivity index (χ4n) is 1.80. The predicted molar refractivity (Wildman–Crippen MR) is 62.7 cm³/mol. The Morgan fingerprint density at radius 2 is 2.50 bits per heavy atom. The van der Waals surface area contributed by atoms with Gasteiger partial charge in [0.25, 0.3) is 0 Å². The highest BCUT2D eigenvalue weighted by Gasteiger charge is 2.13. The van der Waals surface area contributed by atoms with Gasteiger partial charge >= 0.3 is 0 Å². The average molecular weight is 222 g/mol. The molecule has 0 amide bonds. The van der Waals surface area contributed by atoms with E-state index in [0.717, 1.165) is 25.5 Å². The molecule has 0 saturated carbocycles. The molecule has 0 aliphatic carbocycles. The van der Waals surface area contributed by atoms with Crippen molar-refractivity contribution >= 4 is 5.82 Å². The van der Waals surface area contributed by atoms with Crippen molar-refractivity contribution in [1.82, 2.24) is 15.3 Å². The van der Waals surface area contributed by atoms with Crippen molar-refractivity contribution < 1.29 is 4.74 Å². The van der Waals surface area contributed by atoms with E-state index >= 15 is 0 Å². The molecular weight excluding hydrogens is 204 g/mol. The smallest absolute Gasteiger partial charge is 0.218 e. The van der Waals surface area contributed by atoms with Crippen LogP contribution in [0.1, 0.15) is 13.3 Å². The molecule has 1 aromatic rings. The van der Waals surface area contributed by atoms with E-state index in [-0.39, 0.29) is 0 Å². The lowest BCUT2D eigenvalue weighted by Gasteiger charge is -2.10. The normalized spacial score (nSPS) is 19.7. The van der Waals surface area contributed by atoms with Gasteiger partial charge in [-0.2, -0.15) is 0 Å². The Hall–Kier alpha value is -1.36. The van der Waals surface area contributed by atoms with Crippen LogP contribution < -0.4 is 15.4 Å². The van der Waals surface area contributed by atoms with Gasteiger partial charge in [-0.15, -0.1) is 0 Å². The molecule has 2 heterocycles. The van der Waals surface area contributed by atoms with Gasteiger partial charge in [0.05, 0.1) is 6.61 Å². The maximum Gasteiger partial charge on any atom is 0.218 e. The third-order valence-corrected chi connectivity index (χ3v) is 2.67. The van der Waals surface area contributed by atoms with Crippen LogP contribution in [0.25, 0.3) is 0 Å². The highest BCUT2D eigenvalue weighted by atomic mass is 16.5. The van der Waals surface area contributed by atoms with Crippen LogP contribution in [0.4, 0.5) is 5.82 Å². The number of nitrogens with zero attached hydrogens (tertiary/aromatic N) is 2. The third-order valence-electron chi connectivity index (χ3n) is 2.67. The molecule has 1 aromatic heterocycles. The maximum absolute atomic E-state index is 5.31. The molecule has 5 nitrogen and oxygen atoms in total. The van der Waals surface area contributed by atoms with Gasteiger partial charge in [-0.1, -0.05) is 0 Å². The van der Waals surface area contributed by atoms with Crippen molar-refractivity contribution in [1.29, 1.82) is 0 Å². The Kier molecular flexibility index (Phi) is 3.93. The van der Waals surface area contributed by atoms with E-state index in [2.05, 4.69) is 20.6 Å². The molecule has 88 valence electrons. The molecule has 5 heteroatoms. The second kappa shape index (κ2) is 5.65. The largest absolute Gasteiger partial charge is 0.478 e. The van der Waals surface area contributed by atoms with Crippen LogP contribution >= 0.6 is 0 Å². The van der Waals surface area contributed by atoms with Crippen molar-refractivity contribution in [2.75, 3.05) is 31.6 Å². The Bertz CT molecular complexity index is 326. The van der Waals surface area contributed by atoms with Crippen molar-refractivity contribution in [3.8, 4) is 5.88 Å². The molecule has 1 unspecified atom stereocenters. The molecule has 2 rings (SSSR count). The standard InChI is InChI=1S/C11H18N4O/c1-2-16-11-5-10(14-8-15-11)13-7-9-3-4-12-6-9/h5,8-9,12H,2-4,6-7H2,1H3,(H,13,14,15). The Morgan fingerprint density at radius 3 is 3.25 bits per heavy atom. The summed E-state index contributed by atoms with van der Waals surface area (Å²) in [6, 6.07) is 1.84. The maximum atomic E-state index is 5.31. The van der Waals surface area contributed by atoms with Crippen molar-refractivity contribution in [2.45, 2.75) is 13.3 Å². The second-order valence-electron chi connectivity index (χ2n) is 3.91. The number of aromatic nitrogens is 2. The Morgan fingerprint density at radius 1 is 1.56 bits per heavy atom. The zero-order chi connectivity index (χ0) is 11.2. The van der Waals surface area contributed by atoms with E-state index in [1.165, 1.54) is 12.7 Å². The van der Waals surface area contributed by atoms with Crippen LogP contribution in [0.2, 0.25) is 0 Å². The summed E-state index contributed by atoms with van der Waals surface area (Å²) in [7, 11) is 0. The van der Waals surface area contributed by atoms with Crippen LogP contribution in [0.5, 0.6) is 5.88 Å².